The maximum atomic E-state index is 12.1. The summed E-state index contributed by atoms with van der Waals surface area (Å²) >= 11 is 0. The van der Waals surface area contributed by atoms with Gasteiger partial charge in [-0.05, 0) is 19.8 Å². The molecule has 2 amide bonds. The molecule has 1 rings (SSSR count). The molecule has 1 aliphatic rings. The highest BCUT2D eigenvalue weighted by molar-refractivity contribution is 5.75. The minimum Gasteiger partial charge on any atom is -0.481 e. The van der Waals surface area contributed by atoms with Crippen LogP contribution in [-0.4, -0.2) is 53.1 Å². The molecule has 0 aromatic carbocycles. The normalized spacial score (nSPS) is 16.6. The third kappa shape index (κ3) is 3.47. The van der Waals surface area contributed by atoms with Gasteiger partial charge in [0.05, 0.1) is 5.92 Å². The molecule has 5 nitrogen and oxygen atoms in total. The lowest BCUT2D eigenvalue weighted by Crippen LogP contribution is -2.47. The van der Waals surface area contributed by atoms with Crippen LogP contribution in [0.3, 0.4) is 0 Å². The van der Waals surface area contributed by atoms with Gasteiger partial charge in [0.15, 0.2) is 0 Å². The molecule has 17 heavy (non-hydrogen) atoms. The number of likely N-dealkylation sites (tertiary alicyclic amines) is 1. The van der Waals surface area contributed by atoms with E-state index in [1.807, 2.05) is 6.92 Å². The van der Waals surface area contributed by atoms with Gasteiger partial charge in [-0.1, -0.05) is 6.08 Å². The van der Waals surface area contributed by atoms with Crippen molar-refractivity contribution in [3.05, 3.63) is 12.7 Å². The number of carboxylic acid groups (broad SMARTS) is 1. The van der Waals surface area contributed by atoms with E-state index < -0.39 is 5.97 Å². The average Bonchev–Trinajstić information content (AvgIpc) is 2.35. The highest BCUT2D eigenvalue weighted by Crippen LogP contribution is 2.18. The van der Waals surface area contributed by atoms with E-state index in [-0.39, 0.29) is 11.9 Å². The van der Waals surface area contributed by atoms with Crippen molar-refractivity contribution in [3.63, 3.8) is 0 Å². The van der Waals surface area contributed by atoms with Crippen LogP contribution in [0.2, 0.25) is 0 Å². The first kappa shape index (κ1) is 13.5. The fourth-order valence-corrected chi connectivity index (χ4v) is 2.02. The van der Waals surface area contributed by atoms with Crippen LogP contribution in [0.4, 0.5) is 4.79 Å². The van der Waals surface area contributed by atoms with E-state index in [1.165, 1.54) is 0 Å². The van der Waals surface area contributed by atoms with Crippen molar-refractivity contribution in [2.24, 2.45) is 5.92 Å². The van der Waals surface area contributed by atoms with Gasteiger partial charge in [0.2, 0.25) is 0 Å². The molecule has 0 bridgehead atoms. The zero-order valence-electron chi connectivity index (χ0n) is 10.3. The van der Waals surface area contributed by atoms with Crippen molar-refractivity contribution in [2.45, 2.75) is 19.8 Å². The van der Waals surface area contributed by atoms with Crippen molar-refractivity contribution < 1.29 is 14.7 Å². The van der Waals surface area contributed by atoms with E-state index in [1.54, 1.807) is 15.9 Å². The third-order valence-corrected chi connectivity index (χ3v) is 3.12. The van der Waals surface area contributed by atoms with Crippen molar-refractivity contribution in [2.75, 3.05) is 26.2 Å². The number of amides is 2. The number of rotatable bonds is 4. The van der Waals surface area contributed by atoms with Crippen LogP contribution < -0.4 is 0 Å². The van der Waals surface area contributed by atoms with Gasteiger partial charge in [-0.2, -0.15) is 0 Å². The predicted molar refractivity (Wildman–Crippen MR) is 64.8 cm³/mol. The summed E-state index contributed by atoms with van der Waals surface area (Å²) in [6, 6.07) is -0.0174. The summed E-state index contributed by atoms with van der Waals surface area (Å²) in [6.07, 6.45) is 2.80. The SMILES string of the molecule is C=CCN(CC)C(=O)N1CCC(C(=O)O)CC1. The Balaban J connectivity index is 2.49. The smallest absolute Gasteiger partial charge is 0.320 e. The number of likely N-dealkylation sites (N-methyl/N-ethyl adjacent to an activating group) is 1. The van der Waals surface area contributed by atoms with Crippen LogP contribution in [0.15, 0.2) is 12.7 Å². The molecule has 0 spiro atoms. The number of hydrogen-bond acceptors (Lipinski definition) is 2. The van der Waals surface area contributed by atoms with Gasteiger partial charge in [0.25, 0.3) is 0 Å². The van der Waals surface area contributed by atoms with Gasteiger partial charge in [-0.3, -0.25) is 4.79 Å². The Bertz CT molecular complexity index is 296. The molecule has 1 aliphatic heterocycles. The summed E-state index contributed by atoms with van der Waals surface area (Å²) in [6.45, 7) is 7.78. The van der Waals surface area contributed by atoms with Crippen molar-refractivity contribution in [3.8, 4) is 0 Å². The predicted octanol–water partition coefficient (Wildman–Crippen LogP) is 1.41. The summed E-state index contributed by atoms with van der Waals surface area (Å²) in [5.41, 5.74) is 0. The molecule has 5 heteroatoms. The van der Waals surface area contributed by atoms with Crippen LogP contribution in [0.5, 0.6) is 0 Å². The number of carboxylic acids is 1. The molecule has 0 atom stereocenters. The first-order valence-electron chi connectivity index (χ1n) is 5.97. The lowest BCUT2D eigenvalue weighted by Gasteiger charge is -2.34. The van der Waals surface area contributed by atoms with E-state index in [0.29, 0.717) is 39.0 Å². The number of aliphatic carboxylic acids is 1. The lowest BCUT2D eigenvalue weighted by atomic mass is 9.97. The maximum Gasteiger partial charge on any atom is 0.320 e. The maximum absolute atomic E-state index is 12.1. The van der Waals surface area contributed by atoms with Gasteiger partial charge in [0.1, 0.15) is 0 Å². The zero-order valence-corrected chi connectivity index (χ0v) is 10.3. The summed E-state index contributed by atoms with van der Waals surface area (Å²) in [5, 5.41) is 8.88. The van der Waals surface area contributed by atoms with Crippen LogP contribution in [0.1, 0.15) is 19.8 Å². The molecule has 0 unspecified atom stereocenters. The first-order chi connectivity index (χ1) is 8.10. The number of carbonyl (C=O) groups excluding carboxylic acids is 1. The molecule has 1 heterocycles. The highest BCUT2D eigenvalue weighted by Gasteiger charge is 2.28. The van der Waals surface area contributed by atoms with E-state index in [2.05, 4.69) is 6.58 Å². The van der Waals surface area contributed by atoms with Gasteiger partial charge in [-0.25, -0.2) is 4.79 Å². The molecule has 1 N–H and O–H groups in total. The Hall–Kier alpha value is -1.52. The second kappa shape index (κ2) is 6.27. The van der Waals surface area contributed by atoms with Crippen LogP contribution in [0, 0.1) is 5.92 Å². The minimum atomic E-state index is -0.754. The molecule has 1 saturated heterocycles. The van der Waals surface area contributed by atoms with Gasteiger partial charge in [-0.15, -0.1) is 6.58 Å². The number of hydrogen-bond donors (Lipinski definition) is 1. The number of carbonyl (C=O) groups is 2. The average molecular weight is 240 g/mol. The monoisotopic (exact) mass is 240 g/mol. The Morgan fingerprint density at radius 3 is 2.47 bits per heavy atom. The molecule has 0 aromatic rings. The molecule has 0 aliphatic carbocycles. The number of piperidine rings is 1. The Morgan fingerprint density at radius 2 is 2.06 bits per heavy atom. The van der Waals surface area contributed by atoms with Gasteiger partial charge in [0, 0.05) is 26.2 Å². The topological polar surface area (TPSA) is 60.9 Å². The Morgan fingerprint density at radius 1 is 1.47 bits per heavy atom. The van der Waals surface area contributed by atoms with Crippen LogP contribution in [0.25, 0.3) is 0 Å². The van der Waals surface area contributed by atoms with Crippen molar-refractivity contribution >= 4 is 12.0 Å². The second-order valence-electron chi connectivity index (χ2n) is 4.21. The second-order valence-corrected chi connectivity index (χ2v) is 4.21. The molecule has 0 saturated carbocycles. The fourth-order valence-electron chi connectivity index (χ4n) is 2.02. The molecule has 1 fully saturated rings. The number of nitrogens with zero attached hydrogens (tertiary/aromatic N) is 2. The minimum absolute atomic E-state index is 0.0174. The third-order valence-electron chi connectivity index (χ3n) is 3.12. The summed E-state index contributed by atoms with van der Waals surface area (Å²) in [7, 11) is 0. The molecule has 96 valence electrons. The zero-order chi connectivity index (χ0) is 12.8. The standard InChI is InChI=1S/C12H20N2O3/c1-3-7-13(4-2)12(17)14-8-5-10(6-9-14)11(15)16/h3,10H,1,4-9H2,2H3,(H,15,16). The van der Waals surface area contributed by atoms with Crippen LogP contribution >= 0.6 is 0 Å². The Kier molecular flexibility index (Phi) is 5.00. The van der Waals surface area contributed by atoms with Crippen LogP contribution in [-0.2, 0) is 4.79 Å². The van der Waals surface area contributed by atoms with E-state index in [0.717, 1.165) is 0 Å². The largest absolute Gasteiger partial charge is 0.481 e. The molecule has 0 radical (unpaired) electrons. The highest BCUT2D eigenvalue weighted by atomic mass is 16.4. The summed E-state index contributed by atoms with van der Waals surface area (Å²) < 4.78 is 0. The molecular formula is C12H20N2O3. The van der Waals surface area contributed by atoms with E-state index in [4.69, 9.17) is 5.11 Å². The quantitative estimate of drug-likeness (QED) is 0.756. The van der Waals surface area contributed by atoms with E-state index in [9.17, 15) is 9.59 Å². The van der Waals surface area contributed by atoms with Crippen molar-refractivity contribution in [1.82, 2.24) is 9.80 Å². The Labute approximate surface area is 102 Å². The van der Waals surface area contributed by atoms with Gasteiger partial charge < -0.3 is 14.9 Å². The van der Waals surface area contributed by atoms with Gasteiger partial charge >= 0.3 is 12.0 Å². The number of urea groups is 1. The fraction of sp³-hybridized carbons (Fsp3) is 0.667. The lowest BCUT2D eigenvalue weighted by molar-refractivity contribution is -0.143. The molecule has 0 aromatic heterocycles. The van der Waals surface area contributed by atoms with Crippen molar-refractivity contribution in [1.29, 1.82) is 0 Å². The summed E-state index contributed by atoms with van der Waals surface area (Å²) in [5.74, 6) is -1.05. The van der Waals surface area contributed by atoms with E-state index >= 15 is 0 Å². The summed E-state index contributed by atoms with van der Waals surface area (Å²) in [4.78, 5) is 26.3. The first-order valence-corrected chi connectivity index (χ1v) is 5.97. The molecular weight excluding hydrogens is 220 g/mol.